The normalized spacial score (nSPS) is 28.5. The first-order valence-electron chi connectivity index (χ1n) is 7.85. The van der Waals surface area contributed by atoms with Crippen LogP contribution in [-0.2, 0) is 4.79 Å². The summed E-state index contributed by atoms with van der Waals surface area (Å²) in [5.74, 6) is 1.48. The lowest BCUT2D eigenvalue weighted by molar-refractivity contribution is -0.107. The van der Waals surface area contributed by atoms with E-state index >= 15 is 0 Å². The molecule has 21 heavy (non-hydrogen) atoms. The Hall–Kier alpha value is -1.39. The summed E-state index contributed by atoms with van der Waals surface area (Å²) in [6.45, 7) is 5.96. The number of hydrogen-bond donors (Lipinski definition) is 3. The molecule has 0 radical (unpaired) electrons. The Balaban J connectivity index is 0.000000491. The van der Waals surface area contributed by atoms with Crippen molar-refractivity contribution in [3.8, 4) is 0 Å². The highest BCUT2D eigenvalue weighted by Crippen LogP contribution is 2.47. The number of aldehydes is 1. The van der Waals surface area contributed by atoms with Crippen LogP contribution in [0.25, 0.3) is 0 Å². The van der Waals surface area contributed by atoms with Crippen LogP contribution in [0.4, 0.5) is 0 Å². The minimum atomic E-state index is 0.0462. The van der Waals surface area contributed by atoms with Crippen molar-refractivity contribution < 1.29 is 4.79 Å². The van der Waals surface area contributed by atoms with Crippen molar-refractivity contribution in [1.82, 2.24) is 10.6 Å². The van der Waals surface area contributed by atoms with Gasteiger partial charge in [-0.05, 0) is 49.9 Å². The minimum Gasteiger partial charge on any atom is -0.391 e. The summed E-state index contributed by atoms with van der Waals surface area (Å²) in [6, 6.07) is 0.0462. The molecule has 3 atom stereocenters. The zero-order chi connectivity index (χ0) is 15.7. The van der Waals surface area contributed by atoms with Gasteiger partial charge in [-0.3, -0.25) is 0 Å². The van der Waals surface area contributed by atoms with E-state index in [1.54, 1.807) is 0 Å². The second-order valence-electron chi connectivity index (χ2n) is 5.42. The molecule has 2 rings (SSSR count). The molecule has 0 aromatic carbocycles. The summed E-state index contributed by atoms with van der Waals surface area (Å²) in [6.07, 6.45) is 11.3. The zero-order valence-electron chi connectivity index (χ0n) is 13.4. The van der Waals surface area contributed by atoms with Crippen molar-refractivity contribution in [2.75, 3.05) is 20.1 Å². The van der Waals surface area contributed by atoms with Crippen LogP contribution >= 0.6 is 0 Å². The maximum Gasteiger partial charge on any atom is 0.119 e. The number of rotatable bonds is 6. The second-order valence-corrected chi connectivity index (χ2v) is 5.42. The Morgan fingerprint density at radius 1 is 1.43 bits per heavy atom. The predicted octanol–water partition coefficient (Wildman–Crippen LogP) is 1.75. The molecule has 0 heterocycles. The molecule has 4 nitrogen and oxygen atoms in total. The van der Waals surface area contributed by atoms with Crippen molar-refractivity contribution in [1.29, 1.82) is 0 Å². The third kappa shape index (κ3) is 5.48. The Bertz CT molecular complexity index is 412. The largest absolute Gasteiger partial charge is 0.391 e. The highest BCUT2D eigenvalue weighted by atomic mass is 16.1. The SMILES string of the molecule is CCC=O.CCN/C=C1/C(C2CC2CNC)=CC=CC1N. The molecule has 0 spiro atoms. The fourth-order valence-electron chi connectivity index (χ4n) is 2.52. The fraction of sp³-hybridized carbons (Fsp3) is 0.588. The molecule has 118 valence electrons. The van der Waals surface area contributed by atoms with Crippen LogP contribution in [0.15, 0.2) is 35.6 Å². The number of allylic oxidation sites excluding steroid dienone is 2. The standard InChI is InChI=1S/C14H23N3.C3H6O/c1-3-17-9-13-11(5-4-6-14(13)15)12-7-10(12)8-16-2;1-2-3-4/h4-6,9-10,12,14,16-17H,3,7-8,15H2,1-2H3;3H,2H2,1H3/b13-9-;. The van der Waals surface area contributed by atoms with E-state index < -0.39 is 0 Å². The van der Waals surface area contributed by atoms with E-state index in [1.165, 1.54) is 17.6 Å². The van der Waals surface area contributed by atoms with Crippen LogP contribution in [0.5, 0.6) is 0 Å². The van der Waals surface area contributed by atoms with Crippen molar-refractivity contribution in [2.45, 2.75) is 32.7 Å². The predicted molar refractivity (Wildman–Crippen MR) is 88.8 cm³/mol. The van der Waals surface area contributed by atoms with Crippen LogP contribution in [0.2, 0.25) is 0 Å². The molecular weight excluding hydrogens is 262 g/mol. The molecule has 0 aliphatic heterocycles. The van der Waals surface area contributed by atoms with Crippen molar-refractivity contribution in [3.63, 3.8) is 0 Å². The Morgan fingerprint density at radius 3 is 2.71 bits per heavy atom. The molecular formula is C17H29N3O. The highest BCUT2D eigenvalue weighted by molar-refractivity contribution is 5.48. The van der Waals surface area contributed by atoms with Crippen LogP contribution in [0, 0.1) is 11.8 Å². The van der Waals surface area contributed by atoms with Gasteiger partial charge in [0.25, 0.3) is 0 Å². The molecule has 4 heteroatoms. The molecule has 1 fully saturated rings. The summed E-state index contributed by atoms with van der Waals surface area (Å²) >= 11 is 0. The van der Waals surface area contributed by atoms with Gasteiger partial charge in [-0.1, -0.05) is 25.2 Å². The van der Waals surface area contributed by atoms with Gasteiger partial charge in [0.05, 0.1) is 6.04 Å². The van der Waals surface area contributed by atoms with E-state index in [0.29, 0.717) is 12.3 Å². The average molecular weight is 291 g/mol. The van der Waals surface area contributed by atoms with Gasteiger partial charge in [-0.15, -0.1) is 0 Å². The molecule has 0 aromatic heterocycles. The Kier molecular flexibility index (Phi) is 8.01. The van der Waals surface area contributed by atoms with Gasteiger partial charge in [-0.2, -0.15) is 0 Å². The number of nitrogens with one attached hydrogen (secondary N) is 2. The van der Waals surface area contributed by atoms with Crippen LogP contribution < -0.4 is 16.4 Å². The Morgan fingerprint density at radius 2 is 2.14 bits per heavy atom. The molecule has 0 aromatic rings. The quantitative estimate of drug-likeness (QED) is 0.652. The lowest BCUT2D eigenvalue weighted by atomic mass is 9.91. The summed E-state index contributed by atoms with van der Waals surface area (Å²) in [5, 5.41) is 6.53. The van der Waals surface area contributed by atoms with Crippen molar-refractivity contribution in [2.24, 2.45) is 17.6 Å². The van der Waals surface area contributed by atoms with E-state index in [9.17, 15) is 4.79 Å². The van der Waals surface area contributed by atoms with Gasteiger partial charge in [0, 0.05) is 19.2 Å². The number of carbonyl (C=O) groups excluding carboxylic acids is 1. The monoisotopic (exact) mass is 291 g/mol. The molecule has 1 saturated carbocycles. The third-order valence-corrected chi connectivity index (χ3v) is 3.70. The Labute approximate surface area is 128 Å². The van der Waals surface area contributed by atoms with Gasteiger partial charge >= 0.3 is 0 Å². The van der Waals surface area contributed by atoms with Crippen molar-refractivity contribution >= 4 is 6.29 Å². The second kappa shape index (κ2) is 9.53. The molecule has 0 amide bonds. The van der Waals surface area contributed by atoms with Crippen LogP contribution in [0.3, 0.4) is 0 Å². The third-order valence-electron chi connectivity index (χ3n) is 3.70. The topological polar surface area (TPSA) is 67.2 Å². The smallest absolute Gasteiger partial charge is 0.119 e. The molecule has 2 aliphatic carbocycles. The number of carbonyl (C=O) groups is 1. The van der Waals surface area contributed by atoms with E-state index in [-0.39, 0.29) is 6.04 Å². The van der Waals surface area contributed by atoms with Gasteiger partial charge < -0.3 is 21.2 Å². The molecule has 4 N–H and O–H groups in total. The first-order chi connectivity index (χ1) is 10.2. The fourth-order valence-corrected chi connectivity index (χ4v) is 2.52. The summed E-state index contributed by atoms with van der Waals surface area (Å²) in [7, 11) is 2.02. The lowest BCUT2D eigenvalue weighted by Gasteiger charge is -2.20. The van der Waals surface area contributed by atoms with Gasteiger partial charge in [0.1, 0.15) is 6.29 Å². The van der Waals surface area contributed by atoms with Gasteiger partial charge in [0.2, 0.25) is 0 Å². The van der Waals surface area contributed by atoms with E-state index in [1.807, 2.05) is 14.0 Å². The number of nitrogens with two attached hydrogens (primary N) is 1. The van der Waals surface area contributed by atoms with E-state index in [2.05, 4.69) is 42.0 Å². The maximum atomic E-state index is 9.17. The first-order valence-corrected chi connectivity index (χ1v) is 7.85. The molecule has 0 bridgehead atoms. The van der Waals surface area contributed by atoms with Crippen LogP contribution in [-0.4, -0.2) is 32.5 Å². The van der Waals surface area contributed by atoms with Gasteiger partial charge in [0.15, 0.2) is 0 Å². The van der Waals surface area contributed by atoms with E-state index in [0.717, 1.165) is 25.3 Å². The highest BCUT2D eigenvalue weighted by Gasteiger charge is 2.40. The minimum absolute atomic E-state index is 0.0462. The zero-order valence-corrected chi connectivity index (χ0v) is 13.4. The number of hydrogen-bond acceptors (Lipinski definition) is 4. The van der Waals surface area contributed by atoms with Crippen LogP contribution in [0.1, 0.15) is 26.7 Å². The molecule has 3 unspecified atom stereocenters. The van der Waals surface area contributed by atoms with Crippen molar-refractivity contribution in [3.05, 3.63) is 35.6 Å². The summed E-state index contributed by atoms with van der Waals surface area (Å²) in [4.78, 5) is 9.17. The maximum absolute atomic E-state index is 9.17. The first kappa shape index (κ1) is 17.7. The summed E-state index contributed by atoms with van der Waals surface area (Å²) < 4.78 is 0. The average Bonchev–Trinajstić information content (AvgIpc) is 3.25. The lowest BCUT2D eigenvalue weighted by Crippen LogP contribution is -2.26. The molecule has 2 aliphatic rings. The van der Waals surface area contributed by atoms with E-state index in [4.69, 9.17) is 5.73 Å². The van der Waals surface area contributed by atoms with Gasteiger partial charge in [-0.25, -0.2) is 0 Å². The summed E-state index contributed by atoms with van der Waals surface area (Å²) in [5.41, 5.74) is 8.84. The molecule has 0 saturated heterocycles.